The summed E-state index contributed by atoms with van der Waals surface area (Å²) in [5, 5.41) is 0. The number of hydrogen-bond donors (Lipinski definition) is 0. The van der Waals surface area contributed by atoms with Crippen LogP contribution in [0.15, 0.2) is 53.4 Å². The van der Waals surface area contributed by atoms with E-state index >= 15 is 0 Å². The van der Waals surface area contributed by atoms with Gasteiger partial charge in [-0.25, -0.2) is 0 Å². The minimum absolute atomic E-state index is 0.122. The third-order valence-electron chi connectivity index (χ3n) is 3.51. The summed E-state index contributed by atoms with van der Waals surface area (Å²) >= 11 is 6.68. The van der Waals surface area contributed by atoms with Gasteiger partial charge in [0.05, 0.1) is 10.6 Å². The summed E-state index contributed by atoms with van der Waals surface area (Å²) in [7, 11) is 0. The van der Waals surface area contributed by atoms with Gasteiger partial charge in [-0.1, -0.05) is 54.3 Å². The Kier molecular flexibility index (Phi) is 3.55. The molecule has 0 radical (unpaired) electrons. The number of amides is 1. The Bertz CT molecular complexity index is 833. The molecule has 0 spiro atoms. The van der Waals surface area contributed by atoms with E-state index in [4.69, 9.17) is 21.7 Å². The van der Waals surface area contributed by atoms with Crippen LogP contribution in [0.1, 0.15) is 5.56 Å². The maximum atomic E-state index is 12.7. The summed E-state index contributed by atoms with van der Waals surface area (Å²) in [6, 6.07) is 15.1. The molecule has 0 aliphatic carbocycles. The van der Waals surface area contributed by atoms with Gasteiger partial charge in [-0.15, -0.1) is 0 Å². The number of anilines is 1. The van der Waals surface area contributed by atoms with Crippen molar-refractivity contribution < 1.29 is 14.3 Å². The predicted octanol–water partition coefficient (Wildman–Crippen LogP) is 3.82. The van der Waals surface area contributed by atoms with Crippen molar-refractivity contribution in [1.29, 1.82) is 0 Å². The van der Waals surface area contributed by atoms with E-state index in [0.717, 1.165) is 5.56 Å². The van der Waals surface area contributed by atoms with E-state index in [1.165, 1.54) is 16.7 Å². The molecular weight excluding hydrogens is 330 g/mol. The number of hydrogen-bond acceptors (Lipinski definition) is 5. The van der Waals surface area contributed by atoms with E-state index in [2.05, 4.69) is 0 Å². The van der Waals surface area contributed by atoms with Gasteiger partial charge in [0.2, 0.25) is 6.79 Å². The SMILES string of the molecule is O=C1/C(=C\c2ccccc2)SC(=S)N1c1ccc2c(c1)OCO2. The molecule has 4 nitrogen and oxygen atoms in total. The number of benzene rings is 2. The van der Waals surface area contributed by atoms with Crippen molar-refractivity contribution in [2.45, 2.75) is 0 Å². The molecule has 0 atom stereocenters. The van der Waals surface area contributed by atoms with Crippen LogP contribution in [0.25, 0.3) is 6.08 Å². The van der Waals surface area contributed by atoms with Crippen molar-refractivity contribution in [3.63, 3.8) is 0 Å². The van der Waals surface area contributed by atoms with Crippen LogP contribution in [-0.4, -0.2) is 17.0 Å². The van der Waals surface area contributed by atoms with Crippen LogP contribution in [0.4, 0.5) is 5.69 Å². The molecule has 1 amide bonds. The van der Waals surface area contributed by atoms with Crippen LogP contribution in [-0.2, 0) is 4.79 Å². The van der Waals surface area contributed by atoms with Crippen molar-refractivity contribution in [1.82, 2.24) is 0 Å². The number of ether oxygens (including phenoxy) is 2. The molecule has 0 unspecified atom stereocenters. The summed E-state index contributed by atoms with van der Waals surface area (Å²) in [4.78, 5) is 14.8. The lowest BCUT2D eigenvalue weighted by Crippen LogP contribution is -2.27. The van der Waals surface area contributed by atoms with Gasteiger partial charge in [-0.05, 0) is 23.8 Å². The average Bonchev–Trinajstić information content (AvgIpc) is 3.13. The maximum absolute atomic E-state index is 12.7. The monoisotopic (exact) mass is 341 g/mol. The lowest BCUT2D eigenvalue weighted by molar-refractivity contribution is -0.113. The van der Waals surface area contributed by atoms with Gasteiger partial charge in [0, 0.05) is 6.07 Å². The quantitative estimate of drug-likeness (QED) is 0.613. The Hall–Kier alpha value is -2.31. The Morgan fingerprint density at radius 3 is 2.70 bits per heavy atom. The molecule has 0 saturated carbocycles. The van der Waals surface area contributed by atoms with Gasteiger partial charge in [0.1, 0.15) is 0 Å². The first-order valence-electron chi connectivity index (χ1n) is 6.95. The molecule has 4 rings (SSSR count). The Morgan fingerprint density at radius 1 is 1.09 bits per heavy atom. The zero-order valence-corrected chi connectivity index (χ0v) is 13.5. The Morgan fingerprint density at radius 2 is 1.87 bits per heavy atom. The second-order valence-electron chi connectivity index (χ2n) is 4.97. The lowest BCUT2D eigenvalue weighted by atomic mass is 10.2. The van der Waals surface area contributed by atoms with Crippen LogP contribution in [0.5, 0.6) is 11.5 Å². The summed E-state index contributed by atoms with van der Waals surface area (Å²) in [6.07, 6.45) is 1.85. The van der Waals surface area contributed by atoms with Crippen molar-refractivity contribution >= 4 is 46.0 Å². The molecule has 6 heteroatoms. The molecule has 114 valence electrons. The zero-order chi connectivity index (χ0) is 15.8. The van der Waals surface area contributed by atoms with Gasteiger partial charge >= 0.3 is 0 Å². The Labute approximate surface area is 142 Å². The van der Waals surface area contributed by atoms with Crippen LogP contribution < -0.4 is 14.4 Å². The van der Waals surface area contributed by atoms with Gasteiger partial charge in [0.15, 0.2) is 15.8 Å². The van der Waals surface area contributed by atoms with Gasteiger partial charge in [-0.3, -0.25) is 9.69 Å². The second-order valence-corrected chi connectivity index (χ2v) is 6.64. The normalized spacial score (nSPS) is 18.1. The van der Waals surface area contributed by atoms with E-state index in [1.54, 1.807) is 12.1 Å². The largest absolute Gasteiger partial charge is 0.454 e. The fourth-order valence-electron chi connectivity index (χ4n) is 2.42. The minimum atomic E-state index is -0.122. The van der Waals surface area contributed by atoms with Gasteiger partial charge < -0.3 is 9.47 Å². The fraction of sp³-hybridized carbons (Fsp3) is 0.0588. The first kappa shape index (κ1) is 14.3. The molecule has 1 saturated heterocycles. The lowest BCUT2D eigenvalue weighted by Gasteiger charge is -2.14. The second kappa shape index (κ2) is 5.72. The topological polar surface area (TPSA) is 38.8 Å². The molecule has 2 heterocycles. The smallest absolute Gasteiger partial charge is 0.270 e. The van der Waals surface area contributed by atoms with E-state index in [1.807, 2.05) is 42.5 Å². The van der Waals surface area contributed by atoms with Gasteiger partial charge in [0.25, 0.3) is 5.91 Å². The molecule has 0 aromatic heterocycles. The third kappa shape index (κ3) is 2.60. The predicted molar refractivity (Wildman–Crippen MR) is 94.7 cm³/mol. The molecule has 2 aliphatic heterocycles. The third-order valence-corrected chi connectivity index (χ3v) is 4.81. The summed E-state index contributed by atoms with van der Waals surface area (Å²) in [5.41, 5.74) is 1.66. The van der Waals surface area contributed by atoms with Crippen molar-refractivity contribution in [2.24, 2.45) is 0 Å². The highest BCUT2D eigenvalue weighted by Gasteiger charge is 2.34. The van der Waals surface area contributed by atoms with Crippen LogP contribution in [0.3, 0.4) is 0 Å². The summed E-state index contributed by atoms with van der Waals surface area (Å²) in [5.74, 6) is 1.19. The maximum Gasteiger partial charge on any atom is 0.270 e. The minimum Gasteiger partial charge on any atom is -0.454 e. The number of carbonyl (C=O) groups is 1. The molecule has 2 aromatic rings. The fourth-order valence-corrected chi connectivity index (χ4v) is 3.71. The molecule has 23 heavy (non-hydrogen) atoms. The highest BCUT2D eigenvalue weighted by atomic mass is 32.2. The molecular formula is C17H11NO3S2. The highest BCUT2D eigenvalue weighted by Crippen LogP contribution is 2.40. The molecule has 2 aliphatic rings. The van der Waals surface area contributed by atoms with Crippen LogP contribution in [0.2, 0.25) is 0 Å². The first-order valence-corrected chi connectivity index (χ1v) is 8.17. The Balaban J connectivity index is 1.67. The average molecular weight is 341 g/mol. The van der Waals surface area contributed by atoms with Crippen molar-refractivity contribution in [2.75, 3.05) is 11.7 Å². The zero-order valence-electron chi connectivity index (χ0n) is 11.9. The van der Waals surface area contributed by atoms with E-state index in [0.29, 0.717) is 26.4 Å². The van der Waals surface area contributed by atoms with Gasteiger partial charge in [-0.2, -0.15) is 0 Å². The van der Waals surface area contributed by atoms with E-state index < -0.39 is 0 Å². The summed E-state index contributed by atoms with van der Waals surface area (Å²) in [6.45, 7) is 0.199. The standard InChI is InChI=1S/C17H11NO3S2/c19-16-15(8-11-4-2-1-3-5-11)23-17(22)18(16)12-6-7-13-14(9-12)21-10-20-13/h1-9H,10H2/b15-8+. The molecule has 0 bridgehead atoms. The van der Waals surface area contributed by atoms with Crippen LogP contribution in [0, 0.1) is 0 Å². The van der Waals surface area contributed by atoms with E-state index in [9.17, 15) is 4.79 Å². The molecule has 2 aromatic carbocycles. The number of carbonyl (C=O) groups excluding carboxylic acids is 1. The van der Waals surface area contributed by atoms with E-state index in [-0.39, 0.29) is 12.7 Å². The molecule has 1 fully saturated rings. The first-order chi connectivity index (χ1) is 11.2. The number of rotatable bonds is 2. The molecule has 0 N–H and O–H groups in total. The number of fused-ring (bicyclic) bond motifs is 1. The summed E-state index contributed by atoms with van der Waals surface area (Å²) < 4.78 is 11.2. The number of nitrogens with zero attached hydrogens (tertiary/aromatic N) is 1. The van der Waals surface area contributed by atoms with Crippen molar-refractivity contribution in [3.8, 4) is 11.5 Å². The number of thiocarbonyl (C=S) groups is 1. The van der Waals surface area contributed by atoms with Crippen LogP contribution >= 0.6 is 24.0 Å². The highest BCUT2D eigenvalue weighted by molar-refractivity contribution is 8.27. The van der Waals surface area contributed by atoms with Crippen molar-refractivity contribution in [3.05, 3.63) is 59.0 Å². The number of thioether (sulfide) groups is 1.